The van der Waals surface area contributed by atoms with E-state index in [1.165, 1.54) is 31.2 Å². The normalized spacial score (nSPS) is 11.4. The first kappa shape index (κ1) is 10.4. The highest BCUT2D eigenvalue weighted by atomic mass is 79.9. The van der Waals surface area contributed by atoms with Crippen LogP contribution in [0.2, 0.25) is 0 Å². The van der Waals surface area contributed by atoms with Crippen molar-refractivity contribution in [2.24, 2.45) is 0 Å². The number of aryl methyl sites for hydroxylation is 2. The lowest BCUT2D eigenvalue weighted by atomic mass is 10.0. The summed E-state index contributed by atoms with van der Waals surface area (Å²) in [6, 6.07) is 2.26. The molecule has 0 saturated carbocycles. The topological polar surface area (TPSA) is 0 Å². The van der Waals surface area contributed by atoms with Crippen LogP contribution < -0.4 is 4.50 Å². The number of hydrogen-bond donors (Lipinski definition) is 0. The van der Waals surface area contributed by atoms with E-state index in [1.807, 2.05) is 11.3 Å². The van der Waals surface area contributed by atoms with Gasteiger partial charge in [-0.05, 0) is 53.4 Å². The Bertz CT molecular complexity index is 514. The lowest BCUT2D eigenvalue weighted by Gasteiger charge is -2.05. The second kappa shape index (κ2) is 3.47. The minimum Gasteiger partial charge on any atom is -0.146 e. The molecule has 0 nitrogen and oxygen atoms in total. The van der Waals surface area contributed by atoms with Gasteiger partial charge in [-0.25, -0.2) is 0 Å². The van der Waals surface area contributed by atoms with Gasteiger partial charge in [0.2, 0.25) is 0 Å². The van der Waals surface area contributed by atoms with Crippen LogP contribution in [-0.2, 0) is 0 Å². The first-order valence-electron chi connectivity index (χ1n) is 4.67. The van der Waals surface area contributed by atoms with Gasteiger partial charge in [0.15, 0.2) is 0 Å². The molecular formula is C11H13BrSSi. The van der Waals surface area contributed by atoms with Crippen molar-refractivity contribution in [3.63, 3.8) is 0 Å². The van der Waals surface area contributed by atoms with Gasteiger partial charge in [-0.2, -0.15) is 0 Å². The summed E-state index contributed by atoms with van der Waals surface area (Å²) in [5.41, 5.74) is 4.31. The van der Waals surface area contributed by atoms with Crippen molar-refractivity contribution in [1.82, 2.24) is 0 Å². The molecule has 0 aliphatic rings. The van der Waals surface area contributed by atoms with E-state index < -0.39 is 0 Å². The number of hydrogen-bond acceptors (Lipinski definition) is 1. The second-order valence-corrected chi connectivity index (χ2v) is 7.60. The summed E-state index contributed by atoms with van der Waals surface area (Å²) in [4.78, 5) is 0. The SMILES string of the molecule is Cc1c(Br)cc2sc([SiH3])c(C)c2c1C. The van der Waals surface area contributed by atoms with Gasteiger partial charge in [0.05, 0.1) is 10.2 Å². The van der Waals surface area contributed by atoms with Crippen LogP contribution in [0, 0.1) is 20.8 Å². The molecule has 0 radical (unpaired) electrons. The van der Waals surface area contributed by atoms with Gasteiger partial charge in [0, 0.05) is 9.17 Å². The zero-order valence-electron chi connectivity index (χ0n) is 8.86. The molecule has 0 saturated heterocycles. The van der Waals surface area contributed by atoms with Crippen LogP contribution in [0.15, 0.2) is 10.5 Å². The van der Waals surface area contributed by atoms with E-state index in [9.17, 15) is 0 Å². The molecule has 74 valence electrons. The van der Waals surface area contributed by atoms with Crippen LogP contribution in [0.4, 0.5) is 0 Å². The van der Waals surface area contributed by atoms with E-state index in [0.29, 0.717) is 0 Å². The highest BCUT2D eigenvalue weighted by Crippen LogP contribution is 2.32. The van der Waals surface area contributed by atoms with Gasteiger partial charge in [-0.15, -0.1) is 11.3 Å². The summed E-state index contributed by atoms with van der Waals surface area (Å²) in [6.45, 7) is 6.66. The highest BCUT2D eigenvalue weighted by molar-refractivity contribution is 9.10. The van der Waals surface area contributed by atoms with Gasteiger partial charge in [0.1, 0.15) is 0 Å². The quantitative estimate of drug-likeness (QED) is 0.653. The Balaban J connectivity index is 2.99. The molecule has 0 aliphatic heterocycles. The third-order valence-electron chi connectivity index (χ3n) is 2.97. The van der Waals surface area contributed by atoms with Gasteiger partial charge in [-0.1, -0.05) is 15.9 Å². The highest BCUT2D eigenvalue weighted by Gasteiger charge is 2.10. The van der Waals surface area contributed by atoms with E-state index in [4.69, 9.17) is 0 Å². The summed E-state index contributed by atoms with van der Waals surface area (Å²) in [5.74, 6) is 0. The molecular weight excluding hydrogens is 272 g/mol. The number of thiophene rings is 1. The molecule has 1 heterocycles. The monoisotopic (exact) mass is 284 g/mol. The van der Waals surface area contributed by atoms with E-state index in [1.54, 1.807) is 4.50 Å². The zero-order valence-corrected chi connectivity index (χ0v) is 13.3. The van der Waals surface area contributed by atoms with E-state index in [2.05, 4.69) is 42.8 Å². The van der Waals surface area contributed by atoms with Crippen molar-refractivity contribution in [3.05, 3.63) is 27.2 Å². The fourth-order valence-corrected chi connectivity index (χ4v) is 4.57. The van der Waals surface area contributed by atoms with Gasteiger partial charge in [0.25, 0.3) is 0 Å². The van der Waals surface area contributed by atoms with Gasteiger partial charge < -0.3 is 0 Å². The van der Waals surface area contributed by atoms with Gasteiger partial charge >= 0.3 is 0 Å². The largest absolute Gasteiger partial charge is 0.146 e. The summed E-state index contributed by atoms with van der Waals surface area (Å²) in [5, 5.41) is 1.49. The predicted molar refractivity (Wildman–Crippen MR) is 73.3 cm³/mol. The van der Waals surface area contributed by atoms with Crippen molar-refractivity contribution in [2.45, 2.75) is 20.8 Å². The lowest BCUT2D eigenvalue weighted by molar-refractivity contribution is 1.35. The predicted octanol–water partition coefficient (Wildman–Crippen LogP) is 2.58. The minimum absolute atomic E-state index is 1.16. The molecule has 1 aromatic heterocycles. The summed E-state index contributed by atoms with van der Waals surface area (Å²) < 4.78 is 4.24. The Morgan fingerprint density at radius 3 is 2.43 bits per heavy atom. The fourth-order valence-electron chi connectivity index (χ4n) is 1.81. The van der Waals surface area contributed by atoms with E-state index in [0.717, 1.165) is 10.2 Å². The Hall–Kier alpha value is -0.123. The Labute approximate surface area is 99.9 Å². The zero-order chi connectivity index (χ0) is 10.5. The average molecular weight is 285 g/mol. The van der Waals surface area contributed by atoms with Crippen molar-refractivity contribution in [3.8, 4) is 0 Å². The maximum absolute atomic E-state index is 3.62. The molecule has 0 aliphatic carbocycles. The molecule has 0 spiro atoms. The van der Waals surface area contributed by atoms with Crippen LogP contribution in [0.3, 0.4) is 0 Å². The molecule has 0 N–H and O–H groups in total. The number of halogens is 1. The molecule has 0 bridgehead atoms. The van der Waals surface area contributed by atoms with Crippen molar-refractivity contribution < 1.29 is 0 Å². The number of benzene rings is 1. The first-order valence-corrected chi connectivity index (χ1v) is 7.28. The van der Waals surface area contributed by atoms with Crippen molar-refractivity contribution in [2.75, 3.05) is 0 Å². The van der Waals surface area contributed by atoms with Crippen molar-refractivity contribution in [1.29, 1.82) is 0 Å². The summed E-state index contributed by atoms with van der Waals surface area (Å²) >= 11 is 5.57. The molecule has 0 fully saturated rings. The smallest absolute Gasteiger partial charge is 0.0518 e. The summed E-state index contributed by atoms with van der Waals surface area (Å²) in [6.07, 6.45) is 0. The van der Waals surface area contributed by atoms with Crippen molar-refractivity contribution >= 4 is 52.1 Å². The Morgan fingerprint density at radius 2 is 1.79 bits per heavy atom. The van der Waals surface area contributed by atoms with Crippen LogP contribution in [-0.4, -0.2) is 10.2 Å². The molecule has 0 amide bonds. The third kappa shape index (κ3) is 1.38. The van der Waals surface area contributed by atoms with E-state index >= 15 is 0 Å². The van der Waals surface area contributed by atoms with Crippen LogP contribution >= 0.6 is 27.3 Å². The molecule has 2 aromatic rings. The van der Waals surface area contributed by atoms with Gasteiger partial charge in [-0.3, -0.25) is 0 Å². The molecule has 0 atom stereocenters. The standard InChI is InChI=1S/C11H13BrSSi/c1-5-6(2)10-7(3)11(14)13-9(10)4-8(5)12/h4H,1-3,14H3. The number of fused-ring (bicyclic) bond motifs is 1. The summed E-state index contributed by atoms with van der Waals surface area (Å²) in [7, 11) is 1.16. The lowest BCUT2D eigenvalue weighted by Crippen LogP contribution is -1.97. The Morgan fingerprint density at radius 1 is 1.14 bits per heavy atom. The third-order valence-corrected chi connectivity index (χ3v) is 6.31. The van der Waals surface area contributed by atoms with Crippen LogP contribution in [0.5, 0.6) is 0 Å². The maximum atomic E-state index is 3.62. The fraction of sp³-hybridized carbons (Fsp3) is 0.273. The molecule has 3 heteroatoms. The molecule has 2 rings (SSSR count). The van der Waals surface area contributed by atoms with Crippen LogP contribution in [0.1, 0.15) is 16.7 Å². The molecule has 0 unspecified atom stereocenters. The Kier molecular flexibility index (Phi) is 2.58. The van der Waals surface area contributed by atoms with Crippen LogP contribution in [0.25, 0.3) is 10.1 Å². The number of rotatable bonds is 0. The van der Waals surface area contributed by atoms with E-state index in [-0.39, 0.29) is 0 Å². The second-order valence-electron chi connectivity index (χ2n) is 3.76. The maximum Gasteiger partial charge on any atom is 0.0518 e. The average Bonchev–Trinajstić information content (AvgIpc) is 2.39. The first-order chi connectivity index (χ1) is 6.52. The minimum atomic E-state index is 1.16. The molecule has 14 heavy (non-hydrogen) atoms. The molecule has 1 aromatic carbocycles.